The molecule has 6 heteroatoms. The number of hydrogen-bond donors (Lipinski definition) is 1. The number of aromatic nitrogens is 1. The normalized spacial score (nSPS) is 14.0. The van der Waals surface area contributed by atoms with Gasteiger partial charge in [-0.15, -0.1) is 0 Å². The molecule has 3 aliphatic rings. The topological polar surface area (TPSA) is 20.2 Å². The van der Waals surface area contributed by atoms with Crippen molar-refractivity contribution < 1.29 is 0 Å². The number of fused-ring (bicyclic) bond motifs is 14. The van der Waals surface area contributed by atoms with Crippen molar-refractivity contribution in [3.8, 4) is 39.1 Å². The summed E-state index contributed by atoms with van der Waals surface area (Å²) in [4.78, 5) is 2.37. The minimum Gasteiger partial charge on any atom is -0.356 e. The fourth-order valence-electron chi connectivity index (χ4n) is 15.0. The van der Waals surface area contributed by atoms with Crippen LogP contribution in [0.1, 0.15) is 72.6 Å². The second-order valence-corrected chi connectivity index (χ2v) is 28.8. The summed E-state index contributed by atoms with van der Waals surface area (Å²) in [5.74, 6) is 0.225. The summed E-state index contributed by atoms with van der Waals surface area (Å²) < 4.78 is 5.96. The first-order valence-corrected chi connectivity index (χ1v) is 34.5. The third kappa shape index (κ3) is 10.5. The molecule has 3 nitrogen and oxygen atoms in total. The molecule has 14 aromatic carbocycles. The molecule has 93 heavy (non-hydrogen) atoms. The summed E-state index contributed by atoms with van der Waals surface area (Å²) in [5.41, 5.74) is 27.0. The number of rotatable bonds is 7. The summed E-state index contributed by atoms with van der Waals surface area (Å²) in [6.45, 7) is 9.43. The van der Waals surface area contributed by atoms with E-state index in [9.17, 15) is 0 Å². The van der Waals surface area contributed by atoms with E-state index in [4.69, 9.17) is 0 Å². The fourth-order valence-corrected chi connectivity index (χ4v) is 16.3. The van der Waals surface area contributed by atoms with Crippen molar-refractivity contribution in [1.82, 2.24) is 4.57 Å². The van der Waals surface area contributed by atoms with Gasteiger partial charge in [0.25, 0.3) is 0 Å². The van der Waals surface area contributed by atoms with Gasteiger partial charge in [-0.1, -0.05) is 248 Å². The van der Waals surface area contributed by atoms with Crippen LogP contribution < -0.4 is 10.2 Å². The third-order valence-corrected chi connectivity index (χ3v) is 21.1. The van der Waals surface area contributed by atoms with Gasteiger partial charge < -0.3 is 14.8 Å². The lowest BCUT2D eigenvalue weighted by atomic mass is 9.80. The smallest absolute Gasteiger partial charge is 0.0561 e. The standard InChI is InChI=1S/C43H31BrN2.C34H27N.C10H6BrI/c1-43(2)39-14-8-6-12-35(39)36-22-20-33(26-40(36)43)46-41-15-9-7-13-37(41)38-23-21-34(27-42(38)46)45(31-10-4-3-5-11-31)32-19-17-28-24-30(44)18-16-29(28)25-32;1-34(2)31-15-9-8-13-27(31)28-18-16-22(20-32(28)34)33-29-14-7-6-12-25(29)26-19-17-24(21-30(26)33)35-23-10-4-3-5-11-23;11-9-3-1-8-6-10(12)4-2-7(8)5-9/h3-27H,1-2H3;3-21,33,35H,1-2H3;1-6H. The summed E-state index contributed by atoms with van der Waals surface area (Å²) in [6, 6.07) is 110. The molecule has 0 saturated heterocycles. The van der Waals surface area contributed by atoms with Gasteiger partial charge in [0.1, 0.15) is 0 Å². The van der Waals surface area contributed by atoms with Gasteiger partial charge in [-0.3, -0.25) is 0 Å². The second kappa shape index (κ2) is 23.7. The van der Waals surface area contributed by atoms with Crippen LogP contribution in [0.15, 0.2) is 312 Å². The molecule has 1 unspecified atom stereocenters. The number of benzene rings is 14. The molecular weight excluding hydrogens is 1370 g/mol. The molecule has 0 amide bonds. The minimum atomic E-state index is -0.0678. The molecule has 1 atom stereocenters. The summed E-state index contributed by atoms with van der Waals surface area (Å²) in [6.07, 6.45) is 0. The zero-order valence-corrected chi connectivity index (χ0v) is 57.3. The van der Waals surface area contributed by atoms with E-state index in [-0.39, 0.29) is 16.7 Å². The van der Waals surface area contributed by atoms with Crippen LogP contribution >= 0.6 is 54.5 Å². The molecule has 448 valence electrons. The average molecular weight is 1440 g/mol. The van der Waals surface area contributed by atoms with Gasteiger partial charge in [-0.2, -0.15) is 0 Å². The Balaban J connectivity index is 0.000000128. The van der Waals surface area contributed by atoms with Crippen LogP contribution in [0.25, 0.3) is 82.4 Å². The Labute approximate surface area is 574 Å². The van der Waals surface area contributed by atoms with Gasteiger partial charge in [0.15, 0.2) is 0 Å². The highest BCUT2D eigenvalue weighted by Gasteiger charge is 2.38. The van der Waals surface area contributed by atoms with Crippen molar-refractivity contribution in [1.29, 1.82) is 0 Å². The molecule has 0 fully saturated rings. The molecule has 0 spiro atoms. The quantitative estimate of drug-likeness (QED) is 0.161. The van der Waals surface area contributed by atoms with Crippen LogP contribution in [-0.4, -0.2) is 4.57 Å². The van der Waals surface area contributed by atoms with E-state index in [1.807, 2.05) is 6.07 Å². The highest BCUT2D eigenvalue weighted by atomic mass is 127. The molecule has 0 aliphatic heterocycles. The van der Waals surface area contributed by atoms with Gasteiger partial charge in [-0.05, 0) is 232 Å². The van der Waals surface area contributed by atoms with Crippen molar-refractivity contribution in [2.24, 2.45) is 0 Å². The van der Waals surface area contributed by atoms with Crippen LogP contribution in [0.5, 0.6) is 0 Å². The monoisotopic (exact) mass is 1440 g/mol. The number of para-hydroxylation sites is 3. The molecule has 1 heterocycles. The first-order valence-electron chi connectivity index (χ1n) is 31.8. The first-order chi connectivity index (χ1) is 45.3. The lowest BCUT2D eigenvalue weighted by Crippen LogP contribution is -2.15. The number of nitrogens with zero attached hydrogens (tertiary/aromatic N) is 2. The van der Waals surface area contributed by atoms with Gasteiger partial charge in [0.2, 0.25) is 0 Å². The Bertz CT molecular complexity index is 5390. The van der Waals surface area contributed by atoms with Gasteiger partial charge >= 0.3 is 0 Å². The Morgan fingerprint density at radius 2 is 0.871 bits per heavy atom. The van der Waals surface area contributed by atoms with Crippen LogP contribution in [-0.2, 0) is 10.8 Å². The Morgan fingerprint density at radius 3 is 1.59 bits per heavy atom. The van der Waals surface area contributed by atoms with E-state index in [0.29, 0.717) is 0 Å². The minimum absolute atomic E-state index is 0.000395. The number of halogens is 3. The maximum absolute atomic E-state index is 3.63. The fraction of sp³-hybridized carbons (Fsp3) is 0.0805. The van der Waals surface area contributed by atoms with E-state index in [0.717, 1.165) is 37.4 Å². The Morgan fingerprint density at radius 1 is 0.355 bits per heavy atom. The molecule has 1 aromatic heterocycles. The predicted molar refractivity (Wildman–Crippen MR) is 409 cm³/mol. The molecule has 0 radical (unpaired) electrons. The molecule has 15 aromatic rings. The summed E-state index contributed by atoms with van der Waals surface area (Å²) in [5, 5.41) is 11.1. The average Bonchev–Trinajstić information content (AvgIpc) is 1.59. The Hall–Kier alpha value is -9.31. The Kier molecular flexibility index (Phi) is 15.0. The maximum atomic E-state index is 3.63. The molecule has 1 N–H and O–H groups in total. The number of hydrogen-bond acceptors (Lipinski definition) is 2. The van der Waals surface area contributed by atoms with Crippen molar-refractivity contribution >= 4 is 126 Å². The van der Waals surface area contributed by atoms with Crippen molar-refractivity contribution in [3.63, 3.8) is 0 Å². The van der Waals surface area contributed by atoms with Crippen LogP contribution in [0.4, 0.5) is 28.4 Å². The predicted octanol–water partition coefficient (Wildman–Crippen LogP) is 25.6. The van der Waals surface area contributed by atoms with E-state index in [2.05, 4.69) is 394 Å². The van der Waals surface area contributed by atoms with Gasteiger partial charge in [0.05, 0.1) is 11.0 Å². The first kappa shape index (κ1) is 58.8. The largest absolute Gasteiger partial charge is 0.356 e. The lowest BCUT2D eigenvalue weighted by Gasteiger charge is -2.26. The van der Waals surface area contributed by atoms with Gasteiger partial charge in [-0.25, -0.2) is 0 Å². The molecule has 18 rings (SSSR count). The molecule has 3 aliphatic carbocycles. The zero-order chi connectivity index (χ0) is 63.1. The lowest BCUT2D eigenvalue weighted by molar-refractivity contribution is 0.659. The van der Waals surface area contributed by atoms with Crippen LogP contribution in [0.2, 0.25) is 0 Å². The van der Waals surface area contributed by atoms with Crippen LogP contribution in [0, 0.1) is 3.57 Å². The molecular formula is C87H64Br2IN3. The molecule has 0 saturated carbocycles. The maximum Gasteiger partial charge on any atom is 0.0561 e. The van der Waals surface area contributed by atoms with E-state index in [1.54, 1.807) is 0 Å². The molecule has 0 bridgehead atoms. The van der Waals surface area contributed by atoms with Crippen molar-refractivity contribution in [2.45, 2.75) is 44.4 Å². The highest BCUT2D eigenvalue weighted by Crippen LogP contribution is 2.54. The number of nitrogens with one attached hydrogen (secondary N) is 1. The second-order valence-electron chi connectivity index (χ2n) is 25.7. The SMILES string of the molecule is Brc1ccc2cc(I)ccc2c1.CC1(C)c2ccccc2-c2ccc(-n3c4ccccc4c4ccc(N(c5ccccc5)c5ccc6cc(Br)ccc6c5)cc43)cc21.CC1(C)c2ccccc2-c2ccc(C3c4ccccc4-c4ccc(Nc5ccccc5)cc43)cc21. The zero-order valence-electron chi connectivity index (χ0n) is 52.0. The van der Waals surface area contributed by atoms with Gasteiger partial charge in [0, 0.05) is 74.2 Å². The van der Waals surface area contributed by atoms with E-state index < -0.39 is 0 Å². The summed E-state index contributed by atoms with van der Waals surface area (Å²) >= 11 is 9.41. The van der Waals surface area contributed by atoms with Crippen molar-refractivity contribution in [3.05, 3.63) is 355 Å². The summed E-state index contributed by atoms with van der Waals surface area (Å²) in [7, 11) is 0. The number of anilines is 5. The van der Waals surface area contributed by atoms with E-state index in [1.165, 1.54) is 125 Å². The highest BCUT2D eigenvalue weighted by molar-refractivity contribution is 14.1. The third-order valence-electron chi connectivity index (χ3n) is 19.5. The van der Waals surface area contributed by atoms with Crippen molar-refractivity contribution in [2.75, 3.05) is 10.2 Å². The van der Waals surface area contributed by atoms with Crippen LogP contribution in [0.3, 0.4) is 0 Å². The van der Waals surface area contributed by atoms with E-state index >= 15 is 0 Å².